The van der Waals surface area contributed by atoms with E-state index in [1.807, 2.05) is 99.3 Å². The number of benzene rings is 2. The van der Waals surface area contributed by atoms with Crippen LogP contribution < -0.4 is 11.1 Å². The third kappa shape index (κ3) is 14.8. The van der Waals surface area contributed by atoms with E-state index in [2.05, 4.69) is 72.4 Å². The van der Waals surface area contributed by atoms with Gasteiger partial charge in [0.25, 0.3) is 0 Å². The number of rotatable bonds is 8. The van der Waals surface area contributed by atoms with E-state index in [1.54, 1.807) is 12.5 Å². The number of hydrogen-bond acceptors (Lipinski definition) is 13. The van der Waals surface area contributed by atoms with Crippen molar-refractivity contribution < 1.29 is 4.79 Å². The summed E-state index contributed by atoms with van der Waals surface area (Å²) >= 11 is 18.0. The Balaban J connectivity index is 0.000000292. The molecule has 5 aromatic heterocycles. The Bertz CT molecular complexity index is 2350. The number of aromatic nitrogens is 6. The zero-order valence-corrected chi connectivity index (χ0v) is 36.1. The number of carbonyl (C=O) groups excluding carboxylic acids is 1. The average molecular weight is 848 g/mol. The number of pyridine rings is 3. The lowest BCUT2D eigenvalue weighted by Gasteiger charge is -2.12. The minimum atomic E-state index is 0.141. The highest BCUT2D eigenvalue weighted by Crippen LogP contribution is 2.26. The first-order chi connectivity index (χ1) is 27.6. The summed E-state index contributed by atoms with van der Waals surface area (Å²) in [6, 6.07) is 28.8. The third-order valence-corrected chi connectivity index (χ3v) is 7.95. The van der Waals surface area contributed by atoms with E-state index in [1.165, 1.54) is 12.1 Å². The maximum atomic E-state index is 10.2. The van der Waals surface area contributed by atoms with Gasteiger partial charge in [-0.3, -0.25) is 9.20 Å². The Labute approximate surface area is 354 Å². The van der Waals surface area contributed by atoms with Gasteiger partial charge >= 0.3 is 0 Å². The molecule has 0 aliphatic heterocycles. The molecule has 0 aliphatic carbocycles. The van der Waals surface area contributed by atoms with Gasteiger partial charge in [-0.1, -0.05) is 47.5 Å². The van der Waals surface area contributed by atoms with E-state index in [9.17, 15) is 10.1 Å². The number of fused-ring (bicyclic) bond motifs is 6. The molecule has 0 atom stereocenters. The number of aromatic amines is 1. The Kier molecular flexibility index (Phi) is 22.0. The van der Waals surface area contributed by atoms with E-state index in [-0.39, 0.29) is 10.3 Å². The molecule has 0 fully saturated rings. The molecule has 0 saturated carbocycles. The number of carbonyl (C=O) groups is 1. The molecule has 0 spiro atoms. The Morgan fingerprint density at radius 1 is 0.842 bits per heavy atom. The van der Waals surface area contributed by atoms with Crippen molar-refractivity contribution in [2.24, 2.45) is 5.73 Å². The van der Waals surface area contributed by atoms with E-state index < -0.39 is 0 Å². The second kappa shape index (κ2) is 26.0. The highest BCUT2D eigenvalue weighted by atomic mass is 35.5. The average Bonchev–Trinajstić information content (AvgIpc) is 3.82. The zero-order valence-electron chi connectivity index (χ0n) is 32.8. The molecule has 0 bridgehead atoms. The first kappa shape index (κ1) is 48.2. The molecule has 5 heterocycles. The van der Waals surface area contributed by atoms with Gasteiger partial charge in [-0.15, -0.1) is 0 Å². The van der Waals surface area contributed by atoms with Gasteiger partial charge in [0, 0.05) is 31.6 Å². The number of likely N-dealkylation sites (N-methyl/N-ethyl adjacent to an activating group) is 2. The van der Waals surface area contributed by atoms with Gasteiger partial charge in [-0.25, -0.2) is 19.9 Å². The number of hydrogen-bond donors (Lipinski definition) is 5. The molecule has 0 saturated heterocycles. The summed E-state index contributed by atoms with van der Waals surface area (Å²) in [7, 11) is 8.10. The van der Waals surface area contributed by atoms with Gasteiger partial charge in [0.15, 0.2) is 11.9 Å². The van der Waals surface area contributed by atoms with Gasteiger partial charge in [0.2, 0.25) is 0 Å². The Morgan fingerprint density at radius 3 is 2.09 bits per heavy atom. The maximum absolute atomic E-state index is 10.2. The quantitative estimate of drug-likeness (QED) is 0.0588. The molecule has 0 unspecified atom stereocenters. The van der Waals surface area contributed by atoms with E-state index >= 15 is 0 Å². The van der Waals surface area contributed by atoms with Gasteiger partial charge in [0.05, 0.1) is 45.7 Å². The van der Waals surface area contributed by atoms with Crippen LogP contribution in [0.3, 0.4) is 0 Å². The number of thiol groups is 2. The van der Waals surface area contributed by atoms with Crippen LogP contribution in [0.2, 0.25) is 10.3 Å². The van der Waals surface area contributed by atoms with Crippen LogP contribution in [0.4, 0.5) is 5.82 Å². The predicted molar refractivity (Wildman–Crippen MR) is 242 cm³/mol. The number of nitrogens with two attached hydrogens (primary N) is 1. The van der Waals surface area contributed by atoms with Gasteiger partial charge in [-0.2, -0.15) is 35.8 Å². The number of aldehydes is 1. The first-order valence-corrected chi connectivity index (χ1v) is 19.9. The standard InChI is InChI=1S/C19H18N6.C9H7N3.C6H3Cl2NO.C4H12N2.2CH4S/c1-24(2)10-9-21-17-8-7-13-11-14(12-20)19-22-15-5-3-4-6-16(15)25(19)18(13)23-17;10-6-5-9-11-7-3-1-2-4-8(7)12-9;7-5-2-1-4(3-10)6(8)9-5;1-6(2)4-3-5;2*1-2/h3-8,11H,9-10H2,1-2H3,(H,21,23);1-4H,5H2,(H,11,12);1-3H;3-5H2,1-2H3;2*2H,1H3. The molecule has 2 aromatic carbocycles. The Morgan fingerprint density at radius 2 is 1.51 bits per heavy atom. The fourth-order valence-corrected chi connectivity index (χ4v) is 5.30. The van der Waals surface area contributed by atoms with Crippen LogP contribution in [-0.4, -0.2) is 112 Å². The van der Waals surface area contributed by atoms with Crippen molar-refractivity contribution in [3.8, 4) is 12.1 Å². The highest BCUT2D eigenvalue weighted by molar-refractivity contribution is 7.79. The summed E-state index contributed by atoms with van der Waals surface area (Å²) in [5.41, 5.74) is 11.3. The van der Waals surface area contributed by atoms with E-state index in [4.69, 9.17) is 39.2 Å². The van der Waals surface area contributed by atoms with Crippen LogP contribution in [0.5, 0.6) is 0 Å². The summed E-state index contributed by atoms with van der Waals surface area (Å²) in [4.78, 5) is 34.7. The first-order valence-electron chi connectivity index (χ1n) is 17.4. The summed E-state index contributed by atoms with van der Waals surface area (Å²) < 4.78 is 1.97. The second-order valence-electron chi connectivity index (χ2n) is 12.0. The molecule has 17 heteroatoms. The van der Waals surface area contributed by atoms with Crippen LogP contribution in [0, 0.1) is 22.7 Å². The maximum Gasteiger partial charge on any atom is 0.157 e. The Hall–Kier alpha value is -4.97. The van der Waals surface area contributed by atoms with E-state index in [0.717, 1.165) is 70.9 Å². The molecule has 0 aliphatic rings. The molecular formula is C40H48Cl2N12OS2. The number of nitrogens with zero attached hydrogens (tertiary/aromatic N) is 9. The lowest BCUT2D eigenvalue weighted by atomic mass is 10.2. The number of halogens is 2. The van der Waals surface area contributed by atoms with Crippen molar-refractivity contribution in [1.29, 1.82) is 10.5 Å². The monoisotopic (exact) mass is 846 g/mol. The fraction of sp³-hybridized carbons (Fsp3) is 0.275. The van der Waals surface area contributed by atoms with Crippen molar-refractivity contribution in [2.75, 3.05) is 72.2 Å². The van der Waals surface area contributed by atoms with Crippen LogP contribution in [-0.2, 0) is 6.42 Å². The van der Waals surface area contributed by atoms with Crippen molar-refractivity contribution in [2.45, 2.75) is 6.42 Å². The smallest absolute Gasteiger partial charge is 0.157 e. The van der Waals surface area contributed by atoms with Crippen molar-refractivity contribution in [3.63, 3.8) is 0 Å². The minimum Gasteiger partial charge on any atom is -0.369 e. The normalized spacial score (nSPS) is 10.0. The van der Waals surface area contributed by atoms with Crippen LogP contribution >= 0.6 is 48.5 Å². The SMILES string of the molecule is CN(C)CCN.CN(C)CCNc1ccc2cc(C#N)c3nc4ccccc4n3c2n1.CS.CS.N#CCc1nc2ccccc2[nH]1.O=Cc1ccc(Cl)nc1Cl. The van der Waals surface area contributed by atoms with Gasteiger partial charge in [-0.05, 0) is 95.3 Å². The van der Waals surface area contributed by atoms with Crippen molar-refractivity contribution in [3.05, 3.63) is 106 Å². The molecule has 7 aromatic rings. The number of imidazole rings is 2. The zero-order chi connectivity index (χ0) is 42.3. The molecule has 0 radical (unpaired) electrons. The summed E-state index contributed by atoms with van der Waals surface area (Å²) in [6.45, 7) is 3.49. The highest BCUT2D eigenvalue weighted by Gasteiger charge is 2.13. The summed E-state index contributed by atoms with van der Waals surface area (Å²) in [5, 5.41) is 22.6. The molecule has 13 nitrogen and oxygen atoms in total. The fourth-order valence-electron chi connectivity index (χ4n) is 4.91. The number of H-pyrrole nitrogens is 1. The number of anilines is 1. The molecule has 57 heavy (non-hydrogen) atoms. The molecular weight excluding hydrogens is 800 g/mol. The summed E-state index contributed by atoms with van der Waals surface area (Å²) in [6.07, 6.45) is 4.36. The number of nitrogens with one attached hydrogen (secondary N) is 2. The second-order valence-corrected chi connectivity index (χ2v) is 12.8. The van der Waals surface area contributed by atoms with Crippen molar-refractivity contribution >= 4 is 99.3 Å². The molecule has 0 amide bonds. The lowest BCUT2D eigenvalue weighted by molar-refractivity contribution is 0.112. The van der Waals surface area contributed by atoms with Crippen molar-refractivity contribution in [1.82, 2.24) is 39.1 Å². The minimum absolute atomic E-state index is 0.141. The predicted octanol–water partition coefficient (Wildman–Crippen LogP) is 7.31. The molecule has 300 valence electrons. The molecule has 4 N–H and O–H groups in total. The topological polar surface area (TPSA) is 181 Å². The lowest BCUT2D eigenvalue weighted by Crippen LogP contribution is -2.21. The number of nitriles is 2. The van der Waals surface area contributed by atoms with E-state index in [0.29, 0.717) is 29.5 Å². The van der Waals surface area contributed by atoms with Gasteiger partial charge in [0.1, 0.15) is 33.7 Å². The number of para-hydroxylation sites is 4. The third-order valence-electron chi connectivity index (χ3n) is 7.44. The van der Waals surface area contributed by atoms with Crippen LogP contribution in [0.25, 0.3) is 38.7 Å². The summed E-state index contributed by atoms with van der Waals surface area (Å²) in [5.74, 6) is 1.55. The van der Waals surface area contributed by atoms with Crippen LogP contribution in [0.1, 0.15) is 21.7 Å². The largest absolute Gasteiger partial charge is 0.369 e. The van der Waals surface area contributed by atoms with Crippen LogP contribution in [0.15, 0.2) is 78.9 Å². The molecule has 7 rings (SSSR count). The van der Waals surface area contributed by atoms with Gasteiger partial charge < -0.3 is 25.8 Å².